The molecule has 0 saturated carbocycles. The lowest BCUT2D eigenvalue weighted by molar-refractivity contribution is 0.0701. The molecule has 134 valence electrons. The second-order valence-electron chi connectivity index (χ2n) is 6.78. The van der Waals surface area contributed by atoms with E-state index in [2.05, 4.69) is 22.1 Å². The van der Waals surface area contributed by atoms with Crippen molar-refractivity contribution in [3.05, 3.63) is 18.2 Å². The molecule has 3 atom stereocenters. The summed E-state index contributed by atoms with van der Waals surface area (Å²) < 4.78 is 7.72. The van der Waals surface area contributed by atoms with Gasteiger partial charge in [-0.2, -0.15) is 0 Å². The molecule has 1 aromatic heterocycles. The van der Waals surface area contributed by atoms with Crippen molar-refractivity contribution in [3.63, 3.8) is 0 Å². The lowest BCUT2D eigenvalue weighted by Gasteiger charge is -2.41. The number of rotatable bonds is 4. The fourth-order valence-electron chi connectivity index (χ4n) is 3.70. The third kappa shape index (κ3) is 3.57. The number of hydrogen-bond donors (Lipinski definition) is 1. The first-order valence-corrected chi connectivity index (χ1v) is 8.98. The Morgan fingerprint density at radius 3 is 2.96 bits per heavy atom. The predicted octanol–water partition coefficient (Wildman–Crippen LogP) is 1.38. The van der Waals surface area contributed by atoms with Gasteiger partial charge in [0.1, 0.15) is 5.82 Å². The summed E-state index contributed by atoms with van der Waals surface area (Å²) in [6, 6.07) is 0.205. The molecule has 1 aromatic rings. The van der Waals surface area contributed by atoms with Gasteiger partial charge in [-0.25, -0.2) is 9.78 Å². The number of hydrogen-bond acceptors (Lipinski definition) is 4. The molecule has 2 fully saturated rings. The van der Waals surface area contributed by atoms with Crippen LogP contribution < -0.4 is 5.32 Å². The summed E-state index contributed by atoms with van der Waals surface area (Å²) in [6.07, 6.45) is 6.04. The number of carbonyl (C=O) groups excluding carboxylic acids is 1. The van der Waals surface area contributed by atoms with Gasteiger partial charge in [0.25, 0.3) is 0 Å². The maximum atomic E-state index is 12.7. The quantitative estimate of drug-likeness (QED) is 0.903. The molecule has 3 rings (SSSR count). The van der Waals surface area contributed by atoms with Crippen LogP contribution in [0.3, 0.4) is 0 Å². The van der Waals surface area contributed by atoms with E-state index in [1.807, 2.05) is 35.8 Å². The van der Waals surface area contributed by atoms with Crippen molar-refractivity contribution in [3.8, 4) is 0 Å². The topological polar surface area (TPSA) is 62.6 Å². The van der Waals surface area contributed by atoms with Crippen LogP contribution in [-0.2, 0) is 11.8 Å². The molecule has 2 saturated heterocycles. The lowest BCUT2D eigenvalue weighted by Crippen LogP contribution is -2.55. The normalized spacial score (nSPS) is 26.5. The Morgan fingerprint density at radius 1 is 1.50 bits per heavy atom. The first kappa shape index (κ1) is 17.2. The molecule has 0 unspecified atom stereocenters. The second kappa shape index (κ2) is 7.53. The van der Waals surface area contributed by atoms with Crippen LogP contribution in [0.4, 0.5) is 4.79 Å². The number of likely N-dealkylation sites (N-methyl/N-ethyl adjacent to an activating group) is 1. The van der Waals surface area contributed by atoms with Crippen molar-refractivity contribution in [1.82, 2.24) is 24.7 Å². The van der Waals surface area contributed by atoms with Crippen LogP contribution in [0.25, 0.3) is 0 Å². The van der Waals surface area contributed by atoms with Gasteiger partial charge in [0.05, 0.1) is 18.2 Å². The monoisotopic (exact) mass is 335 g/mol. The van der Waals surface area contributed by atoms with Crippen LogP contribution >= 0.6 is 0 Å². The van der Waals surface area contributed by atoms with Crippen LogP contribution in [-0.4, -0.2) is 70.3 Å². The van der Waals surface area contributed by atoms with E-state index >= 15 is 0 Å². The highest BCUT2D eigenvalue weighted by atomic mass is 16.5. The minimum atomic E-state index is 0.00737. The molecule has 0 aliphatic carbocycles. The minimum Gasteiger partial charge on any atom is -0.376 e. The van der Waals surface area contributed by atoms with Gasteiger partial charge in [-0.15, -0.1) is 0 Å². The highest BCUT2D eigenvalue weighted by Gasteiger charge is 2.33. The molecule has 2 aliphatic rings. The number of imidazole rings is 1. The van der Waals surface area contributed by atoms with Crippen LogP contribution in [0.2, 0.25) is 0 Å². The molecule has 2 aliphatic heterocycles. The molecule has 7 heteroatoms. The Balaban J connectivity index is 1.64. The third-order valence-electron chi connectivity index (χ3n) is 5.21. The van der Waals surface area contributed by atoms with Crippen LogP contribution in [0.1, 0.15) is 38.6 Å². The smallest absolute Gasteiger partial charge is 0.317 e. The minimum absolute atomic E-state index is 0.00737. The molecule has 0 aromatic carbocycles. The Kier molecular flexibility index (Phi) is 5.40. The van der Waals surface area contributed by atoms with Crippen molar-refractivity contribution in [2.24, 2.45) is 7.05 Å². The number of urea groups is 1. The van der Waals surface area contributed by atoms with Gasteiger partial charge in [0, 0.05) is 45.7 Å². The first-order chi connectivity index (χ1) is 11.6. The number of nitrogens with zero attached hydrogens (tertiary/aromatic N) is 4. The average Bonchev–Trinajstić information content (AvgIpc) is 3.25. The van der Waals surface area contributed by atoms with Crippen LogP contribution in [0.15, 0.2) is 12.4 Å². The standard InChI is InChI=1S/C17H29N5O2/c1-4-21-9-10-22(12-14(21)16-18-7-8-20(16)3)17(23)19-13(2)15-6-5-11-24-15/h7-8,13-15H,4-6,9-12H2,1-3H3,(H,19,23)/t13-,14+,15+/m1/s1. The SMILES string of the molecule is CCN1CCN(C(=O)N[C@H](C)[C@@H]2CCCO2)C[C@H]1c1nccn1C. The third-order valence-corrected chi connectivity index (χ3v) is 5.21. The Bertz CT molecular complexity index is 555. The van der Waals surface area contributed by atoms with Crippen molar-refractivity contribution in [1.29, 1.82) is 0 Å². The Labute approximate surface area is 144 Å². The van der Waals surface area contributed by atoms with Crippen molar-refractivity contribution in [2.45, 2.75) is 44.9 Å². The van der Waals surface area contributed by atoms with Gasteiger partial charge >= 0.3 is 6.03 Å². The zero-order chi connectivity index (χ0) is 17.1. The number of amides is 2. The molecule has 2 amide bonds. The summed E-state index contributed by atoms with van der Waals surface area (Å²) in [4.78, 5) is 21.5. The van der Waals surface area contributed by atoms with E-state index in [0.717, 1.165) is 44.9 Å². The zero-order valence-corrected chi connectivity index (χ0v) is 14.9. The average molecular weight is 335 g/mol. The van der Waals surface area contributed by atoms with Crippen molar-refractivity contribution < 1.29 is 9.53 Å². The van der Waals surface area contributed by atoms with E-state index < -0.39 is 0 Å². The number of carbonyl (C=O) groups is 1. The van der Waals surface area contributed by atoms with E-state index in [1.54, 1.807) is 0 Å². The van der Waals surface area contributed by atoms with E-state index in [-0.39, 0.29) is 24.2 Å². The maximum absolute atomic E-state index is 12.7. The van der Waals surface area contributed by atoms with Gasteiger partial charge < -0.3 is 19.5 Å². The first-order valence-electron chi connectivity index (χ1n) is 8.98. The Morgan fingerprint density at radius 2 is 2.33 bits per heavy atom. The van der Waals surface area contributed by atoms with Crippen LogP contribution in [0.5, 0.6) is 0 Å². The number of aromatic nitrogens is 2. The molecule has 7 nitrogen and oxygen atoms in total. The summed E-state index contributed by atoms with van der Waals surface area (Å²) in [5.74, 6) is 1.02. The highest BCUT2D eigenvalue weighted by Crippen LogP contribution is 2.24. The lowest BCUT2D eigenvalue weighted by atomic mass is 10.1. The second-order valence-corrected chi connectivity index (χ2v) is 6.78. The van der Waals surface area contributed by atoms with Crippen LogP contribution in [0, 0.1) is 0 Å². The Hall–Kier alpha value is -1.60. The van der Waals surface area contributed by atoms with Gasteiger partial charge in [0.2, 0.25) is 0 Å². The van der Waals surface area contributed by atoms with Gasteiger partial charge in [0.15, 0.2) is 0 Å². The number of aryl methyl sites for hydroxylation is 1. The van der Waals surface area contributed by atoms with E-state index in [9.17, 15) is 4.79 Å². The summed E-state index contributed by atoms with van der Waals surface area (Å²) in [7, 11) is 2.01. The summed E-state index contributed by atoms with van der Waals surface area (Å²) in [5, 5.41) is 3.12. The van der Waals surface area contributed by atoms with Crippen molar-refractivity contribution >= 4 is 6.03 Å². The van der Waals surface area contributed by atoms with Gasteiger partial charge in [-0.05, 0) is 26.3 Å². The molecular weight excluding hydrogens is 306 g/mol. The fourth-order valence-corrected chi connectivity index (χ4v) is 3.70. The number of ether oxygens (including phenoxy) is 1. The molecule has 24 heavy (non-hydrogen) atoms. The summed E-state index contributed by atoms with van der Waals surface area (Å²) in [5.41, 5.74) is 0. The molecule has 1 N–H and O–H groups in total. The summed E-state index contributed by atoms with van der Waals surface area (Å²) in [6.45, 7) is 8.25. The predicted molar refractivity (Wildman–Crippen MR) is 91.7 cm³/mol. The molecule has 0 spiro atoms. The molecule has 3 heterocycles. The van der Waals surface area contributed by atoms with Gasteiger partial charge in [-0.1, -0.05) is 6.92 Å². The molecular formula is C17H29N5O2. The number of nitrogens with one attached hydrogen (secondary N) is 1. The van der Waals surface area contributed by atoms with E-state index in [4.69, 9.17) is 4.74 Å². The fraction of sp³-hybridized carbons (Fsp3) is 0.765. The van der Waals surface area contributed by atoms with Crippen molar-refractivity contribution in [2.75, 3.05) is 32.8 Å². The van der Waals surface area contributed by atoms with E-state index in [0.29, 0.717) is 6.54 Å². The highest BCUT2D eigenvalue weighted by molar-refractivity contribution is 5.74. The maximum Gasteiger partial charge on any atom is 0.317 e. The number of piperazine rings is 1. The van der Waals surface area contributed by atoms with E-state index in [1.165, 1.54) is 0 Å². The zero-order valence-electron chi connectivity index (χ0n) is 14.9. The summed E-state index contributed by atoms with van der Waals surface area (Å²) >= 11 is 0. The van der Waals surface area contributed by atoms with Gasteiger partial charge in [-0.3, -0.25) is 4.90 Å². The largest absolute Gasteiger partial charge is 0.376 e. The molecule has 0 radical (unpaired) electrons. The molecule has 0 bridgehead atoms.